The molecule has 1 aromatic carbocycles. The van der Waals surface area contributed by atoms with Crippen LogP contribution in [0.2, 0.25) is 5.02 Å². The van der Waals surface area contributed by atoms with Gasteiger partial charge in [0.05, 0.1) is 16.1 Å². The fraction of sp³-hybridized carbons (Fsp3) is 0.200. The van der Waals surface area contributed by atoms with Crippen molar-refractivity contribution in [3.05, 3.63) is 33.8 Å². The molecule has 0 fully saturated rings. The summed E-state index contributed by atoms with van der Waals surface area (Å²) >= 11 is 5.81. The summed E-state index contributed by atoms with van der Waals surface area (Å²) in [4.78, 5) is 21.5. The van der Waals surface area contributed by atoms with Gasteiger partial charge in [0.1, 0.15) is 0 Å². The third-order valence-corrected chi connectivity index (χ3v) is 2.45. The van der Waals surface area contributed by atoms with Crippen LogP contribution in [0.5, 0.6) is 0 Å². The van der Waals surface area contributed by atoms with Crippen molar-refractivity contribution in [1.29, 1.82) is 0 Å². The molecular weight excluding hydrogens is 220 g/mol. The quantitative estimate of drug-likeness (QED) is 0.833. The number of carboxylic acids is 2. The molecule has 0 unspecified atom stereocenters. The Morgan fingerprint density at radius 3 is 2.27 bits per heavy atom. The van der Waals surface area contributed by atoms with E-state index in [0.29, 0.717) is 12.0 Å². The van der Waals surface area contributed by atoms with Crippen LogP contribution in [-0.4, -0.2) is 22.2 Å². The highest BCUT2D eigenvalue weighted by molar-refractivity contribution is 6.34. The van der Waals surface area contributed by atoms with Crippen molar-refractivity contribution in [1.82, 2.24) is 0 Å². The van der Waals surface area contributed by atoms with Gasteiger partial charge >= 0.3 is 11.9 Å². The number of halogens is 1. The molecule has 0 aliphatic heterocycles. The molecule has 0 amide bonds. The number of aryl methyl sites for hydroxylation is 1. The van der Waals surface area contributed by atoms with E-state index < -0.39 is 11.9 Å². The molecule has 4 nitrogen and oxygen atoms in total. The van der Waals surface area contributed by atoms with Gasteiger partial charge in [-0.3, -0.25) is 0 Å². The third kappa shape index (κ3) is 2.27. The van der Waals surface area contributed by atoms with Crippen molar-refractivity contribution in [3.63, 3.8) is 0 Å². The molecule has 0 aliphatic carbocycles. The summed E-state index contributed by atoms with van der Waals surface area (Å²) in [7, 11) is 0. The first-order valence-electron chi connectivity index (χ1n) is 4.26. The summed E-state index contributed by atoms with van der Waals surface area (Å²) < 4.78 is 0. The maximum absolute atomic E-state index is 10.8. The first-order valence-corrected chi connectivity index (χ1v) is 4.64. The van der Waals surface area contributed by atoms with Gasteiger partial charge in [-0.25, -0.2) is 9.59 Å². The first kappa shape index (κ1) is 11.5. The summed E-state index contributed by atoms with van der Waals surface area (Å²) in [5.41, 5.74) is 0.288. The van der Waals surface area contributed by atoms with Gasteiger partial charge in [-0.15, -0.1) is 0 Å². The molecule has 0 atom stereocenters. The van der Waals surface area contributed by atoms with E-state index in [1.165, 1.54) is 6.07 Å². The Bertz CT molecular complexity index is 426. The molecule has 0 saturated carbocycles. The predicted molar refractivity (Wildman–Crippen MR) is 54.7 cm³/mol. The second-order valence-corrected chi connectivity index (χ2v) is 3.34. The molecule has 0 aromatic heterocycles. The average Bonchev–Trinajstić information content (AvgIpc) is 2.17. The molecule has 0 heterocycles. The van der Waals surface area contributed by atoms with E-state index in [4.69, 9.17) is 21.8 Å². The van der Waals surface area contributed by atoms with E-state index in [1.54, 1.807) is 6.92 Å². The van der Waals surface area contributed by atoms with Crippen LogP contribution in [0.1, 0.15) is 33.2 Å². The minimum Gasteiger partial charge on any atom is -0.478 e. The largest absolute Gasteiger partial charge is 0.478 e. The van der Waals surface area contributed by atoms with Gasteiger partial charge in [0.15, 0.2) is 0 Å². The molecule has 2 N–H and O–H groups in total. The van der Waals surface area contributed by atoms with Crippen LogP contribution in [0.15, 0.2) is 12.1 Å². The van der Waals surface area contributed by atoms with E-state index in [1.807, 2.05) is 0 Å². The topological polar surface area (TPSA) is 74.6 Å². The Labute approximate surface area is 91.1 Å². The molecule has 80 valence electrons. The van der Waals surface area contributed by atoms with Crippen molar-refractivity contribution < 1.29 is 19.8 Å². The van der Waals surface area contributed by atoms with Crippen LogP contribution < -0.4 is 0 Å². The highest BCUT2D eigenvalue weighted by atomic mass is 35.5. The molecule has 1 aromatic rings. The first-order chi connectivity index (χ1) is 6.97. The predicted octanol–water partition coefficient (Wildman–Crippen LogP) is 2.30. The van der Waals surface area contributed by atoms with Gasteiger partial charge < -0.3 is 10.2 Å². The average molecular weight is 229 g/mol. The monoisotopic (exact) mass is 228 g/mol. The van der Waals surface area contributed by atoms with Gasteiger partial charge in [0.25, 0.3) is 0 Å². The Morgan fingerprint density at radius 1 is 1.27 bits per heavy atom. The number of benzene rings is 1. The Balaban J connectivity index is 3.45. The van der Waals surface area contributed by atoms with Gasteiger partial charge in [-0.1, -0.05) is 18.5 Å². The van der Waals surface area contributed by atoms with Gasteiger partial charge in [-0.2, -0.15) is 0 Å². The lowest BCUT2D eigenvalue weighted by molar-refractivity contribution is 0.0696. The van der Waals surface area contributed by atoms with E-state index in [9.17, 15) is 9.59 Å². The molecule has 1 rings (SSSR count). The number of rotatable bonds is 3. The zero-order chi connectivity index (χ0) is 11.6. The number of hydrogen-bond acceptors (Lipinski definition) is 2. The van der Waals surface area contributed by atoms with E-state index in [2.05, 4.69) is 0 Å². The molecule has 5 heteroatoms. The van der Waals surface area contributed by atoms with Crippen LogP contribution >= 0.6 is 11.6 Å². The highest BCUT2D eigenvalue weighted by Gasteiger charge is 2.16. The lowest BCUT2D eigenvalue weighted by Crippen LogP contribution is -2.05. The number of carbonyl (C=O) groups is 2. The second-order valence-electron chi connectivity index (χ2n) is 2.96. The van der Waals surface area contributed by atoms with E-state index in [-0.39, 0.29) is 16.1 Å². The van der Waals surface area contributed by atoms with Crippen molar-refractivity contribution in [2.75, 3.05) is 0 Å². The van der Waals surface area contributed by atoms with Crippen LogP contribution in [-0.2, 0) is 6.42 Å². The second kappa shape index (κ2) is 4.31. The summed E-state index contributed by atoms with van der Waals surface area (Å²) in [5, 5.41) is 17.7. The van der Waals surface area contributed by atoms with Gasteiger partial charge in [0.2, 0.25) is 0 Å². The van der Waals surface area contributed by atoms with Gasteiger partial charge in [0, 0.05) is 0 Å². The van der Waals surface area contributed by atoms with Crippen LogP contribution in [0.4, 0.5) is 0 Å². The lowest BCUT2D eigenvalue weighted by atomic mass is 10.0. The third-order valence-electron chi connectivity index (χ3n) is 2.01. The van der Waals surface area contributed by atoms with Crippen molar-refractivity contribution in [2.24, 2.45) is 0 Å². The Hall–Kier alpha value is -1.55. The van der Waals surface area contributed by atoms with Crippen molar-refractivity contribution >= 4 is 23.5 Å². The van der Waals surface area contributed by atoms with Crippen molar-refractivity contribution in [3.8, 4) is 0 Å². The number of hydrogen-bond donors (Lipinski definition) is 2. The normalized spacial score (nSPS) is 10.0. The molecule has 0 saturated heterocycles. The standard InChI is InChI=1S/C10H9ClO4/c1-2-5-3-6(9(12)13)4-7(8(5)11)10(14)15/h3-4H,2H2,1H3,(H,12,13)(H,14,15). The number of carboxylic acid groups (broad SMARTS) is 2. The maximum Gasteiger partial charge on any atom is 0.337 e. The summed E-state index contributed by atoms with van der Waals surface area (Å²) in [6, 6.07) is 2.45. The SMILES string of the molecule is CCc1cc(C(=O)O)cc(C(=O)O)c1Cl. The molecule has 0 bridgehead atoms. The van der Waals surface area contributed by atoms with Crippen LogP contribution in [0, 0.1) is 0 Å². The van der Waals surface area contributed by atoms with E-state index >= 15 is 0 Å². The molecule has 0 aliphatic rings. The number of aromatic carboxylic acids is 2. The summed E-state index contributed by atoms with van der Waals surface area (Å²) in [6.07, 6.45) is 0.486. The highest BCUT2D eigenvalue weighted by Crippen LogP contribution is 2.24. The Morgan fingerprint density at radius 2 is 1.87 bits per heavy atom. The fourth-order valence-corrected chi connectivity index (χ4v) is 1.54. The zero-order valence-corrected chi connectivity index (χ0v) is 8.71. The fourth-order valence-electron chi connectivity index (χ4n) is 1.22. The molecule has 0 radical (unpaired) electrons. The lowest BCUT2D eigenvalue weighted by Gasteiger charge is -2.06. The summed E-state index contributed by atoms with van der Waals surface area (Å²) in [6.45, 7) is 1.78. The molecular formula is C10H9ClO4. The van der Waals surface area contributed by atoms with Crippen molar-refractivity contribution in [2.45, 2.75) is 13.3 Å². The minimum absolute atomic E-state index is 0.0614. The molecule has 15 heavy (non-hydrogen) atoms. The summed E-state index contributed by atoms with van der Waals surface area (Å²) in [5.74, 6) is -2.39. The smallest absolute Gasteiger partial charge is 0.337 e. The molecule has 0 spiro atoms. The van der Waals surface area contributed by atoms with Crippen LogP contribution in [0.3, 0.4) is 0 Å². The Kier molecular flexibility index (Phi) is 3.31. The minimum atomic E-state index is -1.22. The van der Waals surface area contributed by atoms with Gasteiger partial charge in [-0.05, 0) is 24.1 Å². The zero-order valence-electron chi connectivity index (χ0n) is 7.95. The maximum atomic E-state index is 10.8. The van der Waals surface area contributed by atoms with Crippen LogP contribution in [0.25, 0.3) is 0 Å². The van der Waals surface area contributed by atoms with E-state index in [0.717, 1.165) is 6.07 Å².